The van der Waals surface area contributed by atoms with Gasteiger partial charge in [-0.25, -0.2) is 13.6 Å². The van der Waals surface area contributed by atoms with E-state index in [4.69, 9.17) is 9.88 Å². The zero-order valence-corrected chi connectivity index (χ0v) is 11.3. The Hall–Kier alpha value is -0.920. The molecule has 0 amide bonds. The highest BCUT2D eigenvalue weighted by molar-refractivity contribution is 7.91. The summed E-state index contributed by atoms with van der Waals surface area (Å²) in [6.07, 6.45) is 0.0763. The number of carbonyl (C=O) groups is 1. The van der Waals surface area contributed by atoms with Crippen LogP contribution in [0.15, 0.2) is 16.3 Å². The molecule has 1 aromatic heterocycles. The van der Waals surface area contributed by atoms with Crippen molar-refractivity contribution in [3.8, 4) is 0 Å². The van der Waals surface area contributed by atoms with Crippen molar-refractivity contribution in [3.63, 3.8) is 0 Å². The Morgan fingerprint density at radius 3 is 2.59 bits per heavy atom. The molecule has 0 atom stereocenters. The maximum Gasteiger partial charge on any atom is 0.311 e. The van der Waals surface area contributed by atoms with Crippen LogP contribution in [-0.4, -0.2) is 21.0 Å². The first kappa shape index (κ1) is 14.1. The van der Waals surface area contributed by atoms with Gasteiger partial charge in [0.15, 0.2) is 0 Å². The number of ether oxygens (including phenoxy) is 1. The zero-order valence-electron chi connectivity index (χ0n) is 9.67. The molecule has 0 saturated heterocycles. The number of primary sulfonamides is 1. The molecular formula is C10H15NO4S2. The van der Waals surface area contributed by atoms with Gasteiger partial charge >= 0.3 is 5.97 Å². The summed E-state index contributed by atoms with van der Waals surface area (Å²) < 4.78 is 27.1. The van der Waals surface area contributed by atoms with E-state index in [2.05, 4.69) is 0 Å². The lowest BCUT2D eigenvalue weighted by molar-refractivity contribution is -0.143. The highest BCUT2D eigenvalue weighted by Crippen LogP contribution is 2.20. The van der Waals surface area contributed by atoms with Gasteiger partial charge in [-0.05, 0) is 18.1 Å². The van der Waals surface area contributed by atoms with Gasteiger partial charge < -0.3 is 4.74 Å². The fourth-order valence-corrected chi connectivity index (χ4v) is 2.82. The van der Waals surface area contributed by atoms with Crippen LogP contribution in [0.3, 0.4) is 0 Å². The number of nitrogens with two attached hydrogens (primary N) is 1. The minimum absolute atomic E-state index is 0.0594. The first-order chi connectivity index (χ1) is 7.79. The van der Waals surface area contributed by atoms with Crippen LogP contribution in [0.5, 0.6) is 0 Å². The molecule has 0 spiro atoms. The molecule has 5 nitrogen and oxygen atoms in total. The maximum atomic E-state index is 11.4. The maximum absolute atomic E-state index is 11.4. The summed E-state index contributed by atoms with van der Waals surface area (Å²) in [6.45, 7) is 4.25. The highest BCUT2D eigenvalue weighted by atomic mass is 32.2. The Labute approximate surface area is 105 Å². The van der Waals surface area contributed by atoms with Gasteiger partial charge in [0.25, 0.3) is 0 Å². The van der Waals surface area contributed by atoms with Crippen molar-refractivity contribution in [2.75, 3.05) is 6.61 Å². The zero-order chi connectivity index (χ0) is 13.1. The molecule has 1 heterocycles. The number of carbonyl (C=O) groups excluding carboxylic acids is 1. The third-order valence-corrected chi connectivity index (χ3v) is 4.34. The van der Waals surface area contributed by atoms with Crippen molar-refractivity contribution >= 4 is 27.3 Å². The molecule has 0 aliphatic carbocycles. The lowest BCUT2D eigenvalue weighted by Crippen LogP contribution is -2.11. The van der Waals surface area contributed by atoms with Crippen molar-refractivity contribution in [2.45, 2.75) is 24.5 Å². The Bertz CT molecular complexity index is 490. The van der Waals surface area contributed by atoms with Crippen molar-refractivity contribution in [1.29, 1.82) is 0 Å². The Kier molecular flexibility index (Phi) is 4.67. The van der Waals surface area contributed by atoms with Crippen molar-refractivity contribution in [1.82, 2.24) is 0 Å². The van der Waals surface area contributed by atoms with Crippen LogP contribution in [0.1, 0.15) is 18.7 Å². The van der Waals surface area contributed by atoms with Crippen LogP contribution in [0, 0.1) is 5.92 Å². The molecule has 7 heteroatoms. The van der Waals surface area contributed by atoms with Crippen molar-refractivity contribution in [3.05, 3.63) is 17.0 Å². The number of hydrogen-bond acceptors (Lipinski definition) is 5. The second-order valence-electron chi connectivity index (χ2n) is 4.02. The molecule has 0 aliphatic heterocycles. The third kappa shape index (κ3) is 4.84. The molecule has 0 aromatic carbocycles. The predicted molar refractivity (Wildman–Crippen MR) is 65.2 cm³/mol. The van der Waals surface area contributed by atoms with Crippen LogP contribution in [0.4, 0.5) is 0 Å². The molecular weight excluding hydrogens is 262 g/mol. The molecule has 0 unspecified atom stereocenters. The fraction of sp³-hybridized carbons (Fsp3) is 0.500. The van der Waals surface area contributed by atoms with Gasteiger partial charge in [0.2, 0.25) is 10.0 Å². The third-order valence-electron chi connectivity index (χ3n) is 1.81. The summed E-state index contributed by atoms with van der Waals surface area (Å²) in [7, 11) is -3.68. The topological polar surface area (TPSA) is 86.5 Å². The van der Waals surface area contributed by atoms with E-state index in [9.17, 15) is 13.2 Å². The van der Waals surface area contributed by atoms with Gasteiger partial charge in [-0.1, -0.05) is 13.8 Å². The van der Waals surface area contributed by atoms with Crippen LogP contribution in [0.25, 0.3) is 0 Å². The number of esters is 1. The average molecular weight is 277 g/mol. The number of rotatable bonds is 5. The smallest absolute Gasteiger partial charge is 0.311 e. The van der Waals surface area contributed by atoms with Crippen molar-refractivity contribution in [2.24, 2.45) is 11.1 Å². The number of thiophene rings is 1. The highest BCUT2D eigenvalue weighted by Gasteiger charge is 2.13. The molecule has 96 valence electrons. The quantitative estimate of drug-likeness (QED) is 0.818. The molecule has 0 saturated carbocycles. The SMILES string of the molecule is CC(C)COC(=O)Cc1ccc(S(N)(=O)=O)s1. The summed E-state index contributed by atoms with van der Waals surface area (Å²) in [4.78, 5) is 12.0. The van der Waals surface area contributed by atoms with E-state index in [0.29, 0.717) is 11.5 Å². The van der Waals surface area contributed by atoms with Crippen molar-refractivity contribution < 1.29 is 17.9 Å². The molecule has 0 fully saturated rings. The Morgan fingerprint density at radius 2 is 2.12 bits per heavy atom. The standard InChI is InChI=1S/C10H15NO4S2/c1-7(2)6-15-9(12)5-8-3-4-10(16-8)17(11,13)14/h3-4,7H,5-6H2,1-2H3,(H2,11,13,14). The molecule has 17 heavy (non-hydrogen) atoms. The normalized spacial score (nSPS) is 11.8. The minimum atomic E-state index is -3.68. The summed E-state index contributed by atoms with van der Waals surface area (Å²) >= 11 is 0.989. The molecule has 2 N–H and O–H groups in total. The van der Waals surface area contributed by atoms with Crippen LogP contribution < -0.4 is 5.14 Å². The van der Waals surface area contributed by atoms with Crippen LogP contribution >= 0.6 is 11.3 Å². The van der Waals surface area contributed by atoms with Crippen LogP contribution in [0.2, 0.25) is 0 Å². The monoisotopic (exact) mass is 277 g/mol. The average Bonchev–Trinajstić information content (AvgIpc) is 2.62. The second-order valence-corrected chi connectivity index (χ2v) is 6.98. The first-order valence-corrected chi connectivity index (χ1v) is 7.42. The van der Waals surface area contributed by atoms with Gasteiger partial charge in [-0.2, -0.15) is 0 Å². The number of sulfonamides is 1. The van der Waals surface area contributed by atoms with E-state index in [1.807, 2.05) is 13.8 Å². The molecule has 0 radical (unpaired) electrons. The lowest BCUT2D eigenvalue weighted by Gasteiger charge is -2.05. The van der Waals surface area contributed by atoms with Gasteiger partial charge in [0.05, 0.1) is 13.0 Å². The van der Waals surface area contributed by atoms with Gasteiger partial charge in [0, 0.05) is 4.88 Å². The number of hydrogen-bond donors (Lipinski definition) is 1. The van der Waals surface area contributed by atoms with E-state index in [1.54, 1.807) is 6.07 Å². The van der Waals surface area contributed by atoms with E-state index < -0.39 is 10.0 Å². The Balaban J connectivity index is 2.58. The summed E-state index contributed by atoms with van der Waals surface area (Å²) in [5.41, 5.74) is 0. The summed E-state index contributed by atoms with van der Waals surface area (Å²) in [6, 6.07) is 2.96. The van der Waals surface area contributed by atoms with E-state index in [-0.39, 0.29) is 22.5 Å². The van der Waals surface area contributed by atoms with Gasteiger partial charge in [0.1, 0.15) is 4.21 Å². The summed E-state index contributed by atoms with van der Waals surface area (Å²) in [5, 5.41) is 4.97. The van der Waals surface area contributed by atoms with Gasteiger partial charge in [-0.15, -0.1) is 11.3 Å². The molecule has 0 bridgehead atoms. The van der Waals surface area contributed by atoms with E-state index in [1.165, 1.54) is 6.07 Å². The minimum Gasteiger partial charge on any atom is -0.465 e. The van der Waals surface area contributed by atoms with E-state index >= 15 is 0 Å². The predicted octanol–water partition coefficient (Wildman–Crippen LogP) is 1.14. The van der Waals surface area contributed by atoms with Gasteiger partial charge in [-0.3, -0.25) is 4.79 Å². The summed E-state index contributed by atoms with van der Waals surface area (Å²) in [5.74, 6) is -0.0798. The molecule has 1 rings (SSSR count). The van der Waals surface area contributed by atoms with Crippen LogP contribution in [-0.2, 0) is 26.0 Å². The largest absolute Gasteiger partial charge is 0.465 e. The fourth-order valence-electron chi connectivity index (χ4n) is 1.06. The Morgan fingerprint density at radius 1 is 1.47 bits per heavy atom. The first-order valence-electron chi connectivity index (χ1n) is 5.06. The van der Waals surface area contributed by atoms with E-state index in [0.717, 1.165) is 11.3 Å². The lowest BCUT2D eigenvalue weighted by atomic mass is 10.2. The molecule has 1 aromatic rings. The molecule has 0 aliphatic rings. The second kappa shape index (κ2) is 5.61.